The molecule has 0 aliphatic carbocycles. The van der Waals surface area contributed by atoms with Crippen molar-refractivity contribution < 1.29 is 0 Å². The summed E-state index contributed by atoms with van der Waals surface area (Å²) in [5, 5.41) is 15.6. The largest absolute Gasteiger partial charge is 0.253 e. The zero-order valence-corrected chi connectivity index (χ0v) is 11.0. The van der Waals surface area contributed by atoms with Gasteiger partial charge in [-0.05, 0) is 26.0 Å². The predicted octanol–water partition coefficient (Wildman–Crippen LogP) is 3.49. The van der Waals surface area contributed by atoms with Crippen molar-refractivity contribution in [3.8, 4) is 17.3 Å². The molecule has 0 aliphatic rings. The number of hydrazone groups is 1. The van der Waals surface area contributed by atoms with E-state index in [9.17, 15) is 0 Å². The first-order chi connectivity index (χ1) is 8.69. The molecule has 0 saturated carbocycles. The fraction of sp³-hybridized carbons (Fsp3) is 0.154. The van der Waals surface area contributed by atoms with Crippen molar-refractivity contribution in [2.75, 3.05) is 5.43 Å². The Morgan fingerprint density at radius 3 is 2.67 bits per heavy atom. The van der Waals surface area contributed by atoms with E-state index in [1.165, 1.54) is 11.3 Å². The van der Waals surface area contributed by atoms with Crippen LogP contribution in [0.5, 0.6) is 0 Å². The summed E-state index contributed by atoms with van der Waals surface area (Å²) in [5.74, 6) is 0. The molecule has 0 aliphatic heterocycles. The molecule has 1 aromatic heterocycles. The summed E-state index contributed by atoms with van der Waals surface area (Å²) >= 11 is 1.50. The van der Waals surface area contributed by atoms with Crippen LogP contribution in [0.2, 0.25) is 0 Å². The lowest BCUT2D eigenvalue weighted by atomic mass is 10.1. The Bertz CT molecular complexity index is 601. The molecule has 1 N–H and O–H groups in total. The van der Waals surface area contributed by atoms with Gasteiger partial charge in [-0.2, -0.15) is 10.4 Å². The van der Waals surface area contributed by atoms with E-state index in [1.54, 1.807) is 12.1 Å². The number of nitrogens with one attached hydrogen (secondary N) is 1. The minimum Gasteiger partial charge on any atom is -0.253 e. The highest BCUT2D eigenvalue weighted by molar-refractivity contribution is 7.14. The number of benzene rings is 1. The third-order valence-electron chi connectivity index (χ3n) is 2.19. The second-order valence-electron chi connectivity index (χ2n) is 3.90. The number of thiazole rings is 1. The summed E-state index contributed by atoms with van der Waals surface area (Å²) in [5.41, 5.74) is 6.38. The van der Waals surface area contributed by atoms with Crippen molar-refractivity contribution in [2.24, 2.45) is 5.10 Å². The van der Waals surface area contributed by atoms with Crippen LogP contribution >= 0.6 is 11.3 Å². The molecule has 0 unspecified atom stereocenters. The molecule has 0 fully saturated rings. The maximum Gasteiger partial charge on any atom is 0.203 e. The second-order valence-corrected chi connectivity index (χ2v) is 4.76. The van der Waals surface area contributed by atoms with Crippen molar-refractivity contribution in [2.45, 2.75) is 13.8 Å². The first kappa shape index (κ1) is 12.3. The van der Waals surface area contributed by atoms with E-state index in [-0.39, 0.29) is 0 Å². The van der Waals surface area contributed by atoms with Gasteiger partial charge in [0.25, 0.3) is 0 Å². The molecule has 5 heteroatoms. The van der Waals surface area contributed by atoms with Crippen molar-refractivity contribution in [1.29, 1.82) is 5.26 Å². The van der Waals surface area contributed by atoms with Crippen molar-refractivity contribution >= 4 is 22.2 Å². The quantitative estimate of drug-likeness (QED) is 0.675. The summed E-state index contributed by atoms with van der Waals surface area (Å²) in [6, 6.07) is 9.46. The van der Waals surface area contributed by atoms with E-state index in [0.29, 0.717) is 5.56 Å². The summed E-state index contributed by atoms with van der Waals surface area (Å²) in [7, 11) is 0. The summed E-state index contributed by atoms with van der Waals surface area (Å²) in [6.45, 7) is 3.84. The van der Waals surface area contributed by atoms with Crippen LogP contribution in [0.3, 0.4) is 0 Å². The maximum absolute atomic E-state index is 8.74. The average Bonchev–Trinajstić information content (AvgIpc) is 2.85. The maximum atomic E-state index is 8.74. The van der Waals surface area contributed by atoms with Crippen molar-refractivity contribution in [1.82, 2.24) is 4.98 Å². The molecule has 1 aromatic carbocycles. The number of hydrogen-bond donors (Lipinski definition) is 1. The third kappa shape index (κ3) is 2.93. The monoisotopic (exact) mass is 256 g/mol. The van der Waals surface area contributed by atoms with Crippen LogP contribution in [0, 0.1) is 11.3 Å². The first-order valence-corrected chi connectivity index (χ1v) is 6.30. The molecule has 18 heavy (non-hydrogen) atoms. The van der Waals surface area contributed by atoms with Crippen LogP contribution in [-0.2, 0) is 0 Å². The van der Waals surface area contributed by atoms with Gasteiger partial charge in [-0.1, -0.05) is 12.1 Å². The lowest BCUT2D eigenvalue weighted by Crippen LogP contribution is -1.92. The fourth-order valence-electron chi connectivity index (χ4n) is 1.33. The normalized spacial score (nSPS) is 9.61. The Hall–Kier alpha value is -2.19. The summed E-state index contributed by atoms with van der Waals surface area (Å²) in [6.07, 6.45) is 0. The molecule has 0 amide bonds. The molecule has 4 nitrogen and oxygen atoms in total. The Kier molecular flexibility index (Phi) is 3.70. The minimum absolute atomic E-state index is 0.651. The summed E-state index contributed by atoms with van der Waals surface area (Å²) < 4.78 is 0. The number of aromatic nitrogens is 1. The topological polar surface area (TPSA) is 61.1 Å². The highest BCUT2D eigenvalue weighted by Gasteiger charge is 2.03. The van der Waals surface area contributed by atoms with Crippen LogP contribution in [0.15, 0.2) is 34.7 Å². The molecule has 0 radical (unpaired) electrons. The fourth-order valence-corrected chi connectivity index (χ4v) is 1.99. The Morgan fingerprint density at radius 1 is 1.33 bits per heavy atom. The van der Waals surface area contributed by atoms with Gasteiger partial charge in [0.2, 0.25) is 5.13 Å². The predicted molar refractivity (Wildman–Crippen MR) is 74.7 cm³/mol. The van der Waals surface area contributed by atoms with Crippen LogP contribution in [0.25, 0.3) is 11.3 Å². The van der Waals surface area contributed by atoms with Crippen LogP contribution in [-0.4, -0.2) is 10.7 Å². The zero-order valence-electron chi connectivity index (χ0n) is 10.1. The summed E-state index contributed by atoms with van der Waals surface area (Å²) in [4.78, 5) is 4.43. The van der Waals surface area contributed by atoms with E-state index in [4.69, 9.17) is 5.26 Å². The number of nitrogens with zero attached hydrogens (tertiary/aromatic N) is 3. The van der Waals surface area contributed by atoms with Gasteiger partial charge in [0.15, 0.2) is 0 Å². The molecule has 2 rings (SSSR count). The molecule has 0 spiro atoms. The molecule has 0 atom stereocenters. The van der Waals surface area contributed by atoms with Gasteiger partial charge >= 0.3 is 0 Å². The van der Waals surface area contributed by atoms with Gasteiger partial charge in [-0.15, -0.1) is 11.3 Å². The highest BCUT2D eigenvalue weighted by atomic mass is 32.1. The van der Waals surface area contributed by atoms with E-state index < -0.39 is 0 Å². The third-order valence-corrected chi connectivity index (χ3v) is 2.94. The number of hydrogen-bond acceptors (Lipinski definition) is 5. The van der Waals surface area contributed by atoms with Crippen molar-refractivity contribution in [3.63, 3.8) is 0 Å². The van der Waals surface area contributed by atoms with Crippen molar-refractivity contribution in [3.05, 3.63) is 35.2 Å². The first-order valence-electron chi connectivity index (χ1n) is 5.42. The average molecular weight is 256 g/mol. The smallest absolute Gasteiger partial charge is 0.203 e. The Balaban J connectivity index is 2.19. The van der Waals surface area contributed by atoms with Gasteiger partial charge in [0.1, 0.15) is 0 Å². The van der Waals surface area contributed by atoms with E-state index in [1.807, 2.05) is 31.4 Å². The van der Waals surface area contributed by atoms with Crippen LogP contribution in [0.4, 0.5) is 5.13 Å². The van der Waals surface area contributed by atoms with Gasteiger partial charge in [0.05, 0.1) is 17.3 Å². The number of nitriles is 1. The number of rotatable bonds is 3. The van der Waals surface area contributed by atoms with Gasteiger partial charge in [-0.25, -0.2) is 4.98 Å². The lowest BCUT2D eigenvalue weighted by molar-refractivity contribution is 1.27. The van der Waals surface area contributed by atoms with E-state index in [0.717, 1.165) is 22.1 Å². The minimum atomic E-state index is 0.651. The zero-order chi connectivity index (χ0) is 13.0. The van der Waals surface area contributed by atoms with Gasteiger partial charge in [-0.3, -0.25) is 5.43 Å². The van der Waals surface area contributed by atoms with Crippen LogP contribution in [0.1, 0.15) is 19.4 Å². The SMILES string of the molecule is CC(C)=NNc1nc(-c2ccc(C#N)cc2)cs1. The molecule has 0 bridgehead atoms. The standard InChI is InChI=1S/C13H12N4S/c1-9(2)16-17-13-15-12(8-18-13)11-5-3-10(7-14)4-6-11/h3-6,8H,1-2H3,(H,15,17). The Morgan fingerprint density at radius 2 is 2.06 bits per heavy atom. The highest BCUT2D eigenvalue weighted by Crippen LogP contribution is 2.25. The Labute approximate surface area is 110 Å². The molecule has 1 heterocycles. The van der Waals surface area contributed by atoms with Gasteiger partial charge < -0.3 is 0 Å². The number of anilines is 1. The van der Waals surface area contributed by atoms with Crippen LogP contribution < -0.4 is 5.43 Å². The molecular weight excluding hydrogens is 244 g/mol. The molecule has 0 saturated heterocycles. The van der Waals surface area contributed by atoms with Gasteiger partial charge in [0, 0.05) is 16.7 Å². The van der Waals surface area contributed by atoms with E-state index >= 15 is 0 Å². The van der Waals surface area contributed by atoms with E-state index in [2.05, 4.69) is 21.6 Å². The molecular formula is C13H12N4S. The second kappa shape index (κ2) is 5.43. The lowest BCUT2D eigenvalue weighted by Gasteiger charge is -1.96. The molecule has 90 valence electrons. The molecule has 2 aromatic rings.